The predicted octanol–water partition coefficient (Wildman–Crippen LogP) is 5.22. The monoisotopic (exact) mass is 436 g/mol. The van der Waals surface area contributed by atoms with Crippen molar-refractivity contribution in [3.8, 4) is 0 Å². The van der Waals surface area contributed by atoms with E-state index in [-0.39, 0.29) is 6.42 Å². The zero-order chi connectivity index (χ0) is 22.7. The Hall–Kier alpha value is -0.160. The van der Waals surface area contributed by atoms with Crippen molar-refractivity contribution >= 4 is 0 Å². The van der Waals surface area contributed by atoms with Gasteiger partial charge in [0, 0.05) is 0 Å². The average molecular weight is 437 g/mol. The first-order valence-electron chi connectivity index (χ1n) is 13.3. The summed E-state index contributed by atoms with van der Waals surface area (Å²) in [5.41, 5.74) is -0.847. The SMILES string of the molecule is C[C@H](CCCC(C)(O)C(O)(O)O)[C@H]1CC[C@H]2[C@@H]3CCC4CCCC[C@]4(C)[C@H]3CC[C@]12C. The zero-order valence-electron chi connectivity index (χ0n) is 20.4. The number of fused-ring (bicyclic) bond motifs is 5. The Balaban J connectivity index is 1.40. The van der Waals surface area contributed by atoms with Crippen molar-refractivity contribution in [2.75, 3.05) is 0 Å². The third kappa shape index (κ3) is 4.02. The lowest BCUT2D eigenvalue weighted by atomic mass is 9.44. The van der Waals surface area contributed by atoms with Gasteiger partial charge in [-0.25, -0.2) is 0 Å². The molecule has 4 rings (SSSR count). The highest BCUT2D eigenvalue weighted by molar-refractivity contribution is 5.09. The van der Waals surface area contributed by atoms with Gasteiger partial charge in [-0.3, -0.25) is 0 Å². The van der Waals surface area contributed by atoms with Crippen LogP contribution in [0.15, 0.2) is 0 Å². The summed E-state index contributed by atoms with van der Waals surface area (Å²) in [4.78, 5) is 0. The van der Waals surface area contributed by atoms with Crippen LogP contribution in [0.1, 0.15) is 111 Å². The lowest BCUT2D eigenvalue weighted by molar-refractivity contribution is -0.388. The lowest BCUT2D eigenvalue weighted by Gasteiger charge is -2.61. The molecule has 0 aromatic rings. The summed E-state index contributed by atoms with van der Waals surface area (Å²) >= 11 is 0. The summed E-state index contributed by atoms with van der Waals surface area (Å²) in [5, 5.41) is 38.3. The van der Waals surface area contributed by atoms with Gasteiger partial charge in [-0.15, -0.1) is 0 Å². The van der Waals surface area contributed by atoms with Crippen molar-refractivity contribution in [3.63, 3.8) is 0 Å². The molecular formula is C27H48O4. The van der Waals surface area contributed by atoms with Crippen molar-refractivity contribution in [1.29, 1.82) is 0 Å². The van der Waals surface area contributed by atoms with Crippen LogP contribution >= 0.6 is 0 Å². The fourth-order valence-corrected chi connectivity index (χ4v) is 9.41. The third-order valence-electron chi connectivity index (χ3n) is 11.4. The van der Waals surface area contributed by atoms with Crippen molar-refractivity contribution in [2.24, 2.45) is 46.3 Å². The molecule has 31 heavy (non-hydrogen) atoms. The van der Waals surface area contributed by atoms with Gasteiger partial charge in [0.25, 0.3) is 0 Å². The van der Waals surface area contributed by atoms with Crippen LogP contribution in [0, 0.1) is 46.3 Å². The molecule has 0 amide bonds. The zero-order valence-corrected chi connectivity index (χ0v) is 20.4. The Bertz CT molecular complexity index is 640. The smallest absolute Gasteiger partial charge is 0.305 e. The first-order valence-corrected chi connectivity index (χ1v) is 13.3. The second kappa shape index (κ2) is 8.25. The standard InChI is InChI=1S/C27H48O4/c1-18(8-7-16-26(4,28)27(29,30)31)21-12-13-22-20-11-10-19-9-5-6-15-24(19,2)23(20)14-17-25(21,22)3/h18-23,28-31H,5-17H2,1-4H3/t18-,19?,20+,21-,22+,23+,24+,25-,26?/m1/s1. The molecule has 0 heterocycles. The van der Waals surface area contributed by atoms with Gasteiger partial charge in [0.2, 0.25) is 0 Å². The molecule has 0 spiro atoms. The van der Waals surface area contributed by atoms with Crippen molar-refractivity contribution in [1.82, 2.24) is 0 Å². The second-order valence-electron chi connectivity index (χ2n) is 12.9. The number of rotatable bonds is 6. The van der Waals surface area contributed by atoms with Gasteiger partial charge in [-0.1, -0.05) is 46.5 Å². The summed E-state index contributed by atoms with van der Waals surface area (Å²) < 4.78 is 0. The Labute approximate surface area is 189 Å². The van der Waals surface area contributed by atoms with Crippen LogP contribution in [0.2, 0.25) is 0 Å². The third-order valence-corrected chi connectivity index (χ3v) is 11.4. The molecule has 0 saturated heterocycles. The Morgan fingerprint density at radius 1 is 0.839 bits per heavy atom. The molecule has 0 aromatic carbocycles. The fourth-order valence-electron chi connectivity index (χ4n) is 9.41. The van der Waals surface area contributed by atoms with Gasteiger partial charge >= 0.3 is 5.97 Å². The van der Waals surface area contributed by atoms with E-state index in [1.54, 1.807) is 0 Å². The quantitative estimate of drug-likeness (QED) is 0.430. The average Bonchev–Trinajstić information content (AvgIpc) is 3.03. The minimum atomic E-state index is -3.03. The Kier molecular flexibility index (Phi) is 6.38. The Morgan fingerprint density at radius 3 is 2.26 bits per heavy atom. The maximum atomic E-state index is 10.2. The molecule has 9 atom stereocenters. The van der Waals surface area contributed by atoms with Gasteiger partial charge in [0.15, 0.2) is 0 Å². The van der Waals surface area contributed by atoms with Gasteiger partial charge in [-0.2, -0.15) is 0 Å². The molecule has 4 fully saturated rings. The summed E-state index contributed by atoms with van der Waals surface area (Å²) in [6.07, 6.45) is 16.1. The van der Waals surface area contributed by atoms with Gasteiger partial charge in [-0.05, 0) is 111 Å². The molecule has 2 unspecified atom stereocenters. The van der Waals surface area contributed by atoms with E-state index in [2.05, 4.69) is 20.8 Å². The van der Waals surface area contributed by atoms with Gasteiger partial charge in [0.1, 0.15) is 5.60 Å². The van der Waals surface area contributed by atoms with Crippen molar-refractivity contribution in [3.05, 3.63) is 0 Å². The van der Waals surface area contributed by atoms with E-state index < -0.39 is 11.6 Å². The minimum absolute atomic E-state index is 0.193. The maximum absolute atomic E-state index is 10.2. The summed E-state index contributed by atoms with van der Waals surface area (Å²) in [7, 11) is 0. The summed E-state index contributed by atoms with van der Waals surface area (Å²) in [5.74, 6) is 1.98. The highest BCUT2D eigenvalue weighted by Crippen LogP contribution is 2.68. The van der Waals surface area contributed by atoms with Crippen LogP contribution in [-0.2, 0) is 0 Å². The van der Waals surface area contributed by atoms with Crippen LogP contribution in [0.5, 0.6) is 0 Å². The fraction of sp³-hybridized carbons (Fsp3) is 1.00. The molecule has 0 radical (unpaired) electrons. The van der Waals surface area contributed by atoms with E-state index in [9.17, 15) is 20.4 Å². The minimum Gasteiger partial charge on any atom is -0.382 e. The Morgan fingerprint density at radius 2 is 1.55 bits per heavy atom. The highest BCUT2D eigenvalue weighted by Gasteiger charge is 2.60. The van der Waals surface area contributed by atoms with E-state index in [1.165, 1.54) is 71.1 Å². The van der Waals surface area contributed by atoms with Crippen LogP contribution < -0.4 is 0 Å². The molecule has 0 bridgehead atoms. The number of aliphatic hydroxyl groups is 4. The summed E-state index contributed by atoms with van der Waals surface area (Å²) in [6, 6.07) is 0. The molecule has 4 aliphatic carbocycles. The van der Waals surface area contributed by atoms with E-state index in [1.807, 2.05) is 0 Å². The van der Waals surface area contributed by atoms with E-state index in [0.717, 1.165) is 36.0 Å². The van der Waals surface area contributed by atoms with Crippen LogP contribution in [0.25, 0.3) is 0 Å². The highest BCUT2D eigenvalue weighted by atomic mass is 16.7. The number of hydrogen-bond donors (Lipinski definition) is 4. The number of hydrogen-bond acceptors (Lipinski definition) is 4. The first-order chi connectivity index (χ1) is 14.4. The molecule has 0 aliphatic heterocycles. The molecule has 4 nitrogen and oxygen atoms in total. The maximum Gasteiger partial charge on any atom is 0.305 e. The molecule has 4 N–H and O–H groups in total. The molecule has 4 aliphatic rings. The van der Waals surface area contributed by atoms with Gasteiger partial charge in [0.05, 0.1) is 0 Å². The van der Waals surface area contributed by atoms with Crippen LogP contribution in [-0.4, -0.2) is 32.0 Å². The largest absolute Gasteiger partial charge is 0.382 e. The van der Waals surface area contributed by atoms with Crippen LogP contribution in [0.3, 0.4) is 0 Å². The molecule has 4 heteroatoms. The topological polar surface area (TPSA) is 80.9 Å². The lowest BCUT2D eigenvalue weighted by Crippen LogP contribution is -2.53. The molecular weight excluding hydrogens is 388 g/mol. The normalized spacial score (nSPS) is 45.9. The second-order valence-corrected chi connectivity index (χ2v) is 12.9. The van der Waals surface area contributed by atoms with Crippen molar-refractivity contribution in [2.45, 2.75) is 123 Å². The molecule has 4 saturated carbocycles. The van der Waals surface area contributed by atoms with Gasteiger partial charge < -0.3 is 20.4 Å². The summed E-state index contributed by atoms with van der Waals surface area (Å²) in [6.45, 7) is 8.91. The van der Waals surface area contributed by atoms with E-state index >= 15 is 0 Å². The molecule has 0 aromatic heterocycles. The van der Waals surface area contributed by atoms with Crippen LogP contribution in [0.4, 0.5) is 0 Å². The van der Waals surface area contributed by atoms with E-state index in [4.69, 9.17) is 0 Å². The molecule has 180 valence electrons. The van der Waals surface area contributed by atoms with E-state index in [0.29, 0.717) is 23.2 Å². The first kappa shape index (κ1) is 24.0. The predicted molar refractivity (Wildman–Crippen MR) is 123 cm³/mol. The van der Waals surface area contributed by atoms with Crippen molar-refractivity contribution < 1.29 is 20.4 Å².